The molecule has 3 aliphatic rings. The molecule has 9 nitrogen and oxygen atoms in total. The Morgan fingerprint density at radius 2 is 1.94 bits per heavy atom. The number of hydrogen-bond donors (Lipinski definition) is 1. The maximum absolute atomic E-state index is 13.1. The summed E-state index contributed by atoms with van der Waals surface area (Å²) < 4.78 is 10.7. The van der Waals surface area contributed by atoms with E-state index in [-0.39, 0.29) is 13.3 Å². The van der Waals surface area contributed by atoms with Gasteiger partial charge in [-0.1, -0.05) is 25.3 Å². The molecule has 1 saturated heterocycles. The molecule has 0 unspecified atom stereocenters. The van der Waals surface area contributed by atoms with Crippen LogP contribution in [0.1, 0.15) is 51.0 Å². The fourth-order valence-electron chi connectivity index (χ4n) is 4.69. The molecule has 170 valence electrons. The molecule has 4 rings (SSSR count). The average molecular weight is 441 g/mol. The van der Waals surface area contributed by atoms with Gasteiger partial charge in [0.2, 0.25) is 12.7 Å². The Bertz CT molecular complexity index is 981. The van der Waals surface area contributed by atoms with Crippen molar-refractivity contribution in [2.75, 3.05) is 20.4 Å². The molecule has 0 aromatic heterocycles. The van der Waals surface area contributed by atoms with Crippen LogP contribution in [0.3, 0.4) is 0 Å². The van der Waals surface area contributed by atoms with E-state index in [1.165, 1.54) is 4.90 Å². The van der Waals surface area contributed by atoms with E-state index in [9.17, 15) is 19.6 Å². The average Bonchev–Trinajstić information content (AvgIpc) is 3.35. The maximum Gasteiger partial charge on any atom is 0.325 e. The van der Waals surface area contributed by atoms with Gasteiger partial charge in [0.15, 0.2) is 11.5 Å². The van der Waals surface area contributed by atoms with E-state index in [0.717, 1.165) is 29.7 Å². The van der Waals surface area contributed by atoms with Gasteiger partial charge in [0.05, 0.1) is 6.07 Å². The van der Waals surface area contributed by atoms with Crippen LogP contribution in [0.4, 0.5) is 4.79 Å². The number of amides is 4. The molecule has 4 amide bonds. The first-order chi connectivity index (χ1) is 15.3. The number of likely N-dealkylation sites (N-methyl/N-ethyl adjacent to an activating group) is 1. The lowest BCUT2D eigenvalue weighted by Gasteiger charge is -2.39. The molecule has 0 spiro atoms. The number of nitriles is 1. The standard InChI is InChI=1S/C23H28N4O5/c1-22(11-8-16-6-7-17-18(12-16)32-15-31-17)20(29)27(21(30)25-22)13-19(28)26(2)23(14-24)9-4-3-5-10-23/h6-7,12H,3-5,8-11,13,15H2,1-2H3,(H,25,30)/t22-/m0/s1. The highest BCUT2D eigenvalue weighted by atomic mass is 16.7. The summed E-state index contributed by atoms with van der Waals surface area (Å²) in [5.74, 6) is 0.516. The fraction of sp³-hybridized carbons (Fsp3) is 0.565. The zero-order chi connectivity index (χ0) is 22.9. The van der Waals surface area contributed by atoms with Crippen molar-refractivity contribution >= 4 is 17.8 Å². The summed E-state index contributed by atoms with van der Waals surface area (Å²) in [6, 6.07) is 7.31. The Morgan fingerprint density at radius 1 is 1.22 bits per heavy atom. The quantitative estimate of drug-likeness (QED) is 0.680. The maximum atomic E-state index is 13.1. The van der Waals surface area contributed by atoms with Gasteiger partial charge < -0.3 is 19.7 Å². The van der Waals surface area contributed by atoms with Gasteiger partial charge in [-0.25, -0.2) is 4.79 Å². The van der Waals surface area contributed by atoms with Gasteiger partial charge in [-0.05, 0) is 50.3 Å². The van der Waals surface area contributed by atoms with Gasteiger partial charge in [-0.3, -0.25) is 14.5 Å². The van der Waals surface area contributed by atoms with Crippen LogP contribution in [0.2, 0.25) is 0 Å². The number of imide groups is 1. The summed E-state index contributed by atoms with van der Waals surface area (Å²) in [4.78, 5) is 41.0. The van der Waals surface area contributed by atoms with E-state index in [4.69, 9.17) is 9.47 Å². The summed E-state index contributed by atoms with van der Waals surface area (Å²) in [6.07, 6.45) is 4.94. The van der Waals surface area contributed by atoms with Crippen LogP contribution in [0, 0.1) is 11.3 Å². The lowest BCUT2D eigenvalue weighted by molar-refractivity contribution is -0.141. The van der Waals surface area contributed by atoms with Crippen molar-refractivity contribution in [1.29, 1.82) is 5.26 Å². The van der Waals surface area contributed by atoms with Crippen molar-refractivity contribution in [2.45, 2.75) is 62.9 Å². The highest BCUT2D eigenvalue weighted by Gasteiger charge is 2.49. The van der Waals surface area contributed by atoms with Gasteiger partial charge in [-0.15, -0.1) is 0 Å². The molecule has 1 atom stereocenters. The third-order valence-electron chi connectivity index (χ3n) is 6.89. The van der Waals surface area contributed by atoms with Gasteiger partial charge in [-0.2, -0.15) is 5.26 Å². The van der Waals surface area contributed by atoms with Crippen molar-refractivity contribution in [2.24, 2.45) is 0 Å². The summed E-state index contributed by atoms with van der Waals surface area (Å²) >= 11 is 0. The Balaban J connectivity index is 1.40. The van der Waals surface area contributed by atoms with Gasteiger partial charge in [0.25, 0.3) is 5.91 Å². The van der Waals surface area contributed by atoms with Gasteiger partial charge in [0.1, 0.15) is 17.6 Å². The summed E-state index contributed by atoms with van der Waals surface area (Å²) in [6.45, 7) is 1.49. The molecular formula is C23H28N4O5. The van der Waals surface area contributed by atoms with Crippen LogP contribution in [-0.4, -0.2) is 59.1 Å². The van der Waals surface area contributed by atoms with E-state index < -0.39 is 28.9 Å². The zero-order valence-electron chi connectivity index (χ0n) is 18.5. The first-order valence-electron chi connectivity index (χ1n) is 11.0. The van der Waals surface area contributed by atoms with Crippen LogP contribution in [-0.2, 0) is 16.0 Å². The van der Waals surface area contributed by atoms with Crippen molar-refractivity contribution in [3.05, 3.63) is 23.8 Å². The number of benzene rings is 1. The van der Waals surface area contributed by atoms with Gasteiger partial charge in [0, 0.05) is 7.05 Å². The summed E-state index contributed by atoms with van der Waals surface area (Å²) in [7, 11) is 1.59. The van der Waals surface area contributed by atoms with E-state index in [1.54, 1.807) is 14.0 Å². The van der Waals surface area contributed by atoms with E-state index in [0.29, 0.717) is 37.2 Å². The molecule has 1 saturated carbocycles. The second kappa shape index (κ2) is 8.34. The minimum Gasteiger partial charge on any atom is -0.454 e. The van der Waals surface area contributed by atoms with Crippen LogP contribution in [0.15, 0.2) is 18.2 Å². The molecule has 9 heteroatoms. The first-order valence-corrected chi connectivity index (χ1v) is 11.0. The summed E-state index contributed by atoms with van der Waals surface area (Å²) in [5.41, 5.74) is -1.01. The second-order valence-corrected chi connectivity index (χ2v) is 9.00. The largest absolute Gasteiger partial charge is 0.454 e. The molecule has 2 fully saturated rings. The fourth-order valence-corrected chi connectivity index (χ4v) is 4.69. The predicted octanol–water partition coefficient (Wildman–Crippen LogP) is 2.34. The SMILES string of the molecule is CN(C(=O)CN1C(=O)N[C@@](C)(CCc2ccc3c(c2)OCO3)C1=O)C1(C#N)CCCCC1. The number of carbonyl (C=O) groups excluding carboxylic acids is 3. The highest BCUT2D eigenvalue weighted by molar-refractivity contribution is 6.08. The Kier molecular flexibility index (Phi) is 5.71. The molecule has 2 aliphatic heterocycles. The normalized spacial score (nSPS) is 23.6. The van der Waals surface area contributed by atoms with Crippen LogP contribution >= 0.6 is 0 Å². The zero-order valence-corrected chi connectivity index (χ0v) is 18.5. The van der Waals surface area contributed by atoms with Crippen LogP contribution in [0.25, 0.3) is 0 Å². The number of urea groups is 1. The van der Waals surface area contributed by atoms with E-state index in [2.05, 4.69) is 11.4 Å². The topological polar surface area (TPSA) is 112 Å². The number of ether oxygens (including phenoxy) is 2. The Labute approximate surface area is 187 Å². The number of hydrogen-bond acceptors (Lipinski definition) is 6. The molecule has 32 heavy (non-hydrogen) atoms. The molecule has 1 aromatic rings. The number of aryl methyl sites for hydroxylation is 1. The highest BCUT2D eigenvalue weighted by Crippen LogP contribution is 2.34. The number of nitrogens with one attached hydrogen (secondary N) is 1. The molecular weight excluding hydrogens is 412 g/mol. The monoisotopic (exact) mass is 440 g/mol. The van der Waals surface area contributed by atoms with Crippen molar-refractivity contribution < 1.29 is 23.9 Å². The van der Waals surface area contributed by atoms with E-state index in [1.807, 2.05) is 18.2 Å². The lowest BCUT2D eigenvalue weighted by atomic mass is 9.81. The summed E-state index contributed by atoms with van der Waals surface area (Å²) in [5, 5.41) is 12.5. The molecule has 1 aromatic carbocycles. The van der Waals surface area contributed by atoms with Crippen molar-refractivity contribution in [3.63, 3.8) is 0 Å². The Morgan fingerprint density at radius 3 is 2.66 bits per heavy atom. The van der Waals surface area contributed by atoms with Crippen molar-refractivity contribution in [3.8, 4) is 17.6 Å². The van der Waals surface area contributed by atoms with E-state index >= 15 is 0 Å². The third-order valence-corrected chi connectivity index (χ3v) is 6.89. The lowest BCUT2D eigenvalue weighted by Crippen LogP contribution is -2.53. The van der Waals surface area contributed by atoms with Crippen LogP contribution in [0.5, 0.6) is 11.5 Å². The molecule has 0 bridgehead atoms. The predicted molar refractivity (Wildman–Crippen MR) is 114 cm³/mol. The van der Waals surface area contributed by atoms with Crippen LogP contribution < -0.4 is 14.8 Å². The number of carbonyl (C=O) groups is 3. The molecule has 0 radical (unpaired) electrons. The van der Waals surface area contributed by atoms with Crippen molar-refractivity contribution in [1.82, 2.24) is 15.1 Å². The smallest absolute Gasteiger partial charge is 0.325 e. The second-order valence-electron chi connectivity index (χ2n) is 9.00. The molecule has 2 heterocycles. The number of rotatable bonds is 6. The molecule has 1 N–H and O–H groups in total. The number of nitrogens with zero attached hydrogens (tertiary/aromatic N) is 3. The van der Waals surface area contributed by atoms with Gasteiger partial charge >= 0.3 is 6.03 Å². The first kappa shape index (κ1) is 21.9. The number of fused-ring (bicyclic) bond motifs is 1. The third kappa shape index (κ3) is 3.85. The minimum atomic E-state index is -1.11. The minimum absolute atomic E-state index is 0.190. The Hall–Kier alpha value is -3.28. The molecule has 1 aliphatic carbocycles.